The van der Waals surface area contributed by atoms with E-state index in [1.807, 2.05) is 19.1 Å². The van der Waals surface area contributed by atoms with Crippen molar-refractivity contribution in [1.29, 1.82) is 0 Å². The molecule has 7 nitrogen and oxygen atoms in total. The van der Waals surface area contributed by atoms with Gasteiger partial charge in [0.1, 0.15) is 6.10 Å². The molecule has 1 aromatic rings. The van der Waals surface area contributed by atoms with Crippen LogP contribution in [0.4, 0.5) is 16.2 Å². The molecule has 2 heterocycles. The zero-order valence-corrected chi connectivity index (χ0v) is 12.2. The smallest absolute Gasteiger partial charge is 0.414 e. The van der Waals surface area contributed by atoms with Gasteiger partial charge in [-0.25, -0.2) is 4.79 Å². The number of hydrogen-bond donors (Lipinski definition) is 3. The minimum atomic E-state index is -0.836. The van der Waals surface area contributed by atoms with E-state index in [1.54, 1.807) is 6.07 Å². The first kappa shape index (κ1) is 14.6. The number of ether oxygens (including phenoxy) is 1. The van der Waals surface area contributed by atoms with Gasteiger partial charge in [-0.2, -0.15) is 0 Å². The van der Waals surface area contributed by atoms with Gasteiger partial charge in [-0.3, -0.25) is 9.69 Å². The van der Waals surface area contributed by atoms with Gasteiger partial charge in [0, 0.05) is 17.4 Å². The molecule has 118 valence electrons. The molecule has 3 atom stereocenters. The molecular formula is C15H18N2O5. The lowest BCUT2D eigenvalue weighted by atomic mass is 9.88. The molecule has 2 aliphatic rings. The third-order valence-electron chi connectivity index (χ3n) is 4.22. The molecule has 2 aliphatic heterocycles. The number of nitrogens with one attached hydrogen (secondary N) is 1. The summed E-state index contributed by atoms with van der Waals surface area (Å²) in [6.45, 7) is 1.92. The van der Waals surface area contributed by atoms with Crippen LogP contribution in [-0.4, -0.2) is 47.6 Å². The number of anilines is 2. The number of carboxylic acids is 1. The van der Waals surface area contributed by atoms with E-state index in [4.69, 9.17) is 9.84 Å². The molecule has 0 aliphatic carbocycles. The number of rotatable bonds is 3. The summed E-state index contributed by atoms with van der Waals surface area (Å²) in [6, 6.07) is 5.30. The number of carboxylic acid groups (broad SMARTS) is 1. The van der Waals surface area contributed by atoms with E-state index >= 15 is 0 Å². The van der Waals surface area contributed by atoms with Gasteiger partial charge in [-0.1, -0.05) is 0 Å². The predicted molar refractivity (Wildman–Crippen MR) is 79.1 cm³/mol. The van der Waals surface area contributed by atoms with E-state index in [0.717, 1.165) is 11.3 Å². The topological polar surface area (TPSA) is 99.1 Å². The summed E-state index contributed by atoms with van der Waals surface area (Å²) in [6.07, 6.45) is -0.599. The van der Waals surface area contributed by atoms with Gasteiger partial charge < -0.3 is 20.3 Å². The molecule has 0 radical (unpaired) electrons. The summed E-state index contributed by atoms with van der Waals surface area (Å²) in [5, 5.41) is 21.5. The second-order valence-electron chi connectivity index (χ2n) is 5.72. The number of aliphatic hydroxyl groups is 1. The molecule has 0 aromatic heterocycles. The largest absolute Gasteiger partial charge is 0.481 e. The van der Waals surface area contributed by atoms with Crippen molar-refractivity contribution in [2.24, 2.45) is 5.92 Å². The minimum Gasteiger partial charge on any atom is -0.481 e. The molecule has 7 heteroatoms. The molecule has 1 saturated heterocycles. The summed E-state index contributed by atoms with van der Waals surface area (Å²) < 4.78 is 5.03. The second-order valence-corrected chi connectivity index (χ2v) is 5.72. The Morgan fingerprint density at radius 1 is 1.50 bits per heavy atom. The van der Waals surface area contributed by atoms with Crippen molar-refractivity contribution in [2.45, 2.75) is 25.5 Å². The van der Waals surface area contributed by atoms with E-state index in [0.29, 0.717) is 18.7 Å². The Labute approximate surface area is 127 Å². The number of carbonyl (C=O) groups excluding carboxylic acids is 1. The Hall–Kier alpha value is -2.28. The van der Waals surface area contributed by atoms with E-state index in [-0.39, 0.29) is 12.6 Å². The number of amides is 1. The van der Waals surface area contributed by atoms with Crippen molar-refractivity contribution in [3.63, 3.8) is 0 Å². The van der Waals surface area contributed by atoms with Crippen LogP contribution in [0.3, 0.4) is 0 Å². The van der Waals surface area contributed by atoms with Gasteiger partial charge in [0.2, 0.25) is 0 Å². The molecule has 1 unspecified atom stereocenters. The highest BCUT2D eigenvalue weighted by atomic mass is 16.6. The van der Waals surface area contributed by atoms with E-state index < -0.39 is 24.1 Å². The van der Waals surface area contributed by atoms with E-state index in [1.165, 1.54) is 4.90 Å². The van der Waals surface area contributed by atoms with Crippen LogP contribution in [0.15, 0.2) is 18.2 Å². The second kappa shape index (κ2) is 5.49. The van der Waals surface area contributed by atoms with Crippen LogP contribution in [0.5, 0.6) is 0 Å². The third-order valence-corrected chi connectivity index (χ3v) is 4.22. The minimum absolute atomic E-state index is 0.147. The summed E-state index contributed by atoms with van der Waals surface area (Å²) in [7, 11) is 0. The van der Waals surface area contributed by atoms with Crippen molar-refractivity contribution in [2.75, 3.05) is 23.4 Å². The maximum Gasteiger partial charge on any atom is 0.414 e. The third kappa shape index (κ3) is 2.48. The number of aliphatic carboxylic acids is 1. The molecule has 1 fully saturated rings. The Balaban J connectivity index is 1.87. The number of aliphatic hydroxyl groups excluding tert-OH is 1. The Morgan fingerprint density at radius 3 is 2.91 bits per heavy atom. The number of hydrogen-bond acceptors (Lipinski definition) is 5. The average molecular weight is 306 g/mol. The summed E-state index contributed by atoms with van der Waals surface area (Å²) in [5.74, 6) is -1.34. The van der Waals surface area contributed by atoms with Crippen LogP contribution < -0.4 is 10.2 Å². The van der Waals surface area contributed by atoms with Crippen LogP contribution >= 0.6 is 0 Å². The van der Waals surface area contributed by atoms with Gasteiger partial charge in [0.15, 0.2) is 0 Å². The van der Waals surface area contributed by atoms with Gasteiger partial charge in [0.05, 0.1) is 19.1 Å². The molecule has 0 saturated carbocycles. The summed E-state index contributed by atoms with van der Waals surface area (Å²) >= 11 is 0. The van der Waals surface area contributed by atoms with Crippen LogP contribution in [0.2, 0.25) is 0 Å². The fraction of sp³-hybridized carbons (Fsp3) is 0.467. The first-order valence-corrected chi connectivity index (χ1v) is 7.21. The van der Waals surface area contributed by atoms with E-state index in [2.05, 4.69) is 5.32 Å². The van der Waals surface area contributed by atoms with Crippen molar-refractivity contribution in [1.82, 2.24) is 0 Å². The zero-order chi connectivity index (χ0) is 15.9. The maximum absolute atomic E-state index is 11.8. The predicted octanol–water partition coefficient (Wildman–Crippen LogP) is 1.06. The molecular weight excluding hydrogens is 288 g/mol. The molecule has 1 amide bonds. The van der Waals surface area contributed by atoms with E-state index in [9.17, 15) is 14.7 Å². The molecule has 0 bridgehead atoms. The highest BCUT2D eigenvalue weighted by Crippen LogP contribution is 2.33. The lowest BCUT2D eigenvalue weighted by Gasteiger charge is -2.30. The quantitative estimate of drug-likeness (QED) is 0.772. The first-order valence-electron chi connectivity index (χ1n) is 7.21. The van der Waals surface area contributed by atoms with Crippen molar-refractivity contribution < 1.29 is 24.5 Å². The van der Waals surface area contributed by atoms with Gasteiger partial charge in [-0.15, -0.1) is 0 Å². The lowest BCUT2D eigenvalue weighted by molar-refractivity contribution is -0.142. The van der Waals surface area contributed by atoms with Crippen LogP contribution in [0.1, 0.15) is 12.5 Å². The number of cyclic esters (lactones) is 1. The van der Waals surface area contributed by atoms with Crippen LogP contribution in [0.25, 0.3) is 0 Å². The van der Waals surface area contributed by atoms with Gasteiger partial charge >= 0.3 is 12.1 Å². The van der Waals surface area contributed by atoms with Crippen molar-refractivity contribution in [3.05, 3.63) is 23.8 Å². The normalized spacial score (nSPS) is 27.1. The maximum atomic E-state index is 11.8. The number of carbonyl (C=O) groups is 2. The number of nitrogens with zero attached hydrogens (tertiary/aromatic N) is 1. The highest BCUT2D eigenvalue weighted by molar-refractivity contribution is 5.90. The molecule has 3 N–H and O–H groups in total. The van der Waals surface area contributed by atoms with Crippen molar-refractivity contribution >= 4 is 23.4 Å². The monoisotopic (exact) mass is 306 g/mol. The van der Waals surface area contributed by atoms with Crippen LogP contribution in [0, 0.1) is 5.92 Å². The van der Waals surface area contributed by atoms with Gasteiger partial charge in [-0.05, 0) is 37.1 Å². The molecule has 1 aromatic carbocycles. The lowest BCUT2D eigenvalue weighted by Crippen LogP contribution is -2.37. The van der Waals surface area contributed by atoms with Crippen LogP contribution in [-0.2, 0) is 16.0 Å². The van der Waals surface area contributed by atoms with Crippen molar-refractivity contribution in [3.8, 4) is 0 Å². The van der Waals surface area contributed by atoms with Gasteiger partial charge in [0.25, 0.3) is 0 Å². The fourth-order valence-electron chi connectivity index (χ4n) is 2.95. The Morgan fingerprint density at radius 2 is 2.27 bits per heavy atom. The Bertz CT molecular complexity index is 618. The summed E-state index contributed by atoms with van der Waals surface area (Å²) in [5.41, 5.74) is 2.41. The SMILES string of the molecule is C[C@@H]1Nc2ccc(N3C[C@H](CO)OC3=O)cc2CC1C(=O)O. The standard InChI is InChI=1S/C15H18N2O5/c1-8-12(14(19)20)5-9-4-10(2-3-13(9)16-8)17-6-11(7-18)22-15(17)21/h2-4,8,11-12,16,18H,5-7H2,1H3,(H,19,20)/t8-,11+,12?/m0/s1. The highest BCUT2D eigenvalue weighted by Gasteiger charge is 2.34. The summed E-state index contributed by atoms with van der Waals surface area (Å²) in [4.78, 5) is 24.6. The average Bonchev–Trinajstić information content (AvgIpc) is 2.87. The molecule has 22 heavy (non-hydrogen) atoms. The Kier molecular flexibility index (Phi) is 3.66. The molecule has 0 spiro atoms. The molecule has 3 rings (SSSR count). The number of benzene rings is 1. The zero-order valence-electron chi connectivity index (χ0n) is 12.2. The fourth-order valence-corrected chi connectivity index (χ4v) is 2.95. The number of fused-ring (bicyclic) bond motifs is 1. The first-order chi connectivity index (χ1) is 10.5.